The first-order chi connectivity index (χ1) is 10.0. The third-order valence-corrected chi connectivity index (χ3v) is 3.31. The zero-order valence-corrected chi connectivity index (χ0v) is 12.2. The SMILES string of the molecule is [N-]=[N+]=NOP(=O)(O)OCCCCC(=O)Cc1ccccc1. The van der Waals surface area contributed by atoms with E-state index in [1.54, 1.807) is 0 Å². The van der Waals surface area contributed by atoms with Crippen LogP contribution in [-0.2, 0) is 24.9 Å². The van der Waals surface area contributed by atoms with Crippen molar-refractivity contribution < 1.29 is 23.4 Å². The molecule has 0 amide bonds. The number of carbonyl (C=O) groups excluding carboxylic acids is 1. The molecular formula is C12H16N3O5P. The minimum absolute atomic E-state index is 0.0622. The Bertz CT molecular complexity index is 545. The molecule has 0 aliphatic heterocycles. The summed E-state index contributed by atoms with van der Waals surface area (Å²) in [6, 6.07) is 9.40. The lowest BCUT2D eigenvalue weighted by Crippen LogP contribution is -2.03. The number of ketones is 1. The molecule has 1 aromatic carbocycles. The minimum Gasteiger partial charge on any atom is -0.336 e. The van der Waals surface area contributed by atoms with E-state index in [0.29, 0.717) is 25.7 Å². The Hall–Kier alpha value is -1.85. The fourth-order valence-electron chi connectivity index (χ4n) is 1.60. The molecule has 0 aromatic heterocycles. The fraction of sp³-hybridized carbons (Fsp3) is 0.417. The number of unbranched alkanes of at least 4 members (excludes halogenated alkanes) is 1. The molecule has 0 fully saturated rings. The van der Waals surface area contributed by atoms with Crippen molar-refractivity contribution in [2.45, 2.75) is 25.7 Å². The van der Waals surface area contributed by atoms with Crippen LogP contribution in [0.4, 0.5) is 0 Å². The fourth-order valence-corrected chi connectivity index (χ4v) is 2.13. The van der Waals surface area contributed by atoms with Gasteiger partial charge in [-0.05, 0) is 23.9 Å². The van der Waals surface area contributed by atoms with E-state index in [2.05, 4.69) is 19.3 Å². The topological polar surface area (TPSA) is 122 Å². The van der Waals surface area contributed by atoms with Gasteiger partial charge >= 0.3 is 7.82 Å². The highest BCUT2D eigenvalue weighted by molar-refractivity contribution is 7.47. The molecule has 1 N–H and O–H groups in total. The number of benzene rings is 1. The average molecular weight is 313 g/mol. The van der Waals surface area contributed by atoms with E-state index < -0.39 is 7.82 Å². The largest absolute Gasteiger partial charge is 0.533 e. The molecular weight excluding hydrogens is 297 g/mol. The number of nitrogens with zero attached hydrogens (tertiary/aromatic N) is 3. The van der Waals surface area contributed by atoms with Crippen LogP contribution in [0.5, 0.6) is 0 Å². The monoisotopic (exact) mass is 313 g/mol. The van der Waals surface area contributed by atoms with Crippen LogP contribution in [-0.4, -0.2) is 17.3 Å². The van der Waals surface area contributed by atoms with Gasteiger partial charge in [0.15, 0.2) is 0 Å². The van der Waals surface area contributed by atoms with Crippen LogP contribution in [0.2, 0.25) is 0 Å². The third kappa shape index (κ3) is 8.12. The van der Waals surface area contributed by atoms with Gasteiger partial charge in [0.1, 0.15) is 11.1 Å². The molecule has 0 aliphatic carbocycles. The molecule has 1 rings (SSSR count). The third-order valence-electron chi connectivity index (χ3n) is 2.52. The normalized spacial score (nSPS) is 13.0. The molecule has 0 saturated heterocycles. The van der Waals surface area contributed by atoms with Crippen LogP contribution in [0.3, 0.4) is 0 Å². The highest BCUT2D eigenvalue weighted by Crippen LogP contribution is 2.43. The maximum atomic E-state index is 11.7. The first-order valence-corrected chi connectivity index (χ1v) is 7.79. The van der Waals surface area contributed by atoms with E-state index in [1.165, 1.54) is 0 Å². The van der Waals surface area contributed by atoms with Crippen molar-refractivity contribution in [1.29, 1.82) is 0 Å². The van der Waals surface area contributed by atoms with E-state index in [4.69, 9.17) is 10.4 Å². The van der Waals surface area contributed by atoms with Gasteiger partial charge in [-0.15, -0.1) is 0 Å². The lowest BCUT2D eigenvalue weighted by atomic mass is 10.1. The quantitative estimate of drug-likeness (QED) is 0.177. The van der Waals surface area contributed by atoms with E-state index in [1.807, 2.05) is 30.3 Å². The van der Waals surface area contributed by atoms with E-state index in [0.717, 1.165) is 5.56 Å². The number of hydrogen-bond acceptors (Lipinski definition) is 5. The number of hydrogen-bond donors (Lipinski definition) is 1. The van der Waals surface area contributed by atoms with Gasteiger partial charge < -0.3 is 4.62 Å². The molecule has 8 nitrogen and oxygen atoms in total. The first kappa shape index (κ1) is 17.2. The number of Topliss-reactive ketones (excluding diaryl/α,β-unsaturated/α-hetero) is 1. The zero-order valence-electron chi connectivity index (χ0n) is 11.3. The predicted octanol–water partition coefficient (Wildman–Crippen LogP) is 3.33. The first-order valence-electron chi connectivity index (χ1n) is 6.29. The summed E-state index contributed by atoms with van der Waals surface area (Å²) in [6.45, 7) is -0.0622. The van der Waals surface area contributed by atoms with Crippen molar-refractivity contribution in [3.63, 3.8) is 0 Å². The van der Waals surface area contributed by atoms with E-state index in [-0.39, 0.29) is 12.4 Å². The second kappa shape index (κ2) is 9.15. The molecule has 0 radical (unpaired) electrons. The van der Waals surface area contributed by atoms with E-state index in [9.17, 15) is 9.36 Å². The second-order valence-corrected chi connectivity index (χ2v) is 5.57. The Balaban J connectivity index is 2.15. The van der Waals surface area contributed by atoms with Gasteiger partial charge in [0.05, 0.1) is 6.61 Å². The summed E-state index contributed by atoms with van der Waals surface area (Å²) in [5.74, 6) is 0.0960. The maximum Gasteiger partial charge on any atom is 0.533 e. The predicted molar refractivity (Wildman–Crippen MR) is 75.0 cm³/mol. The van der Waals surface area contributed by atoms with Crippen LogP contribution in [0, 0.1) is 0 Å². The van der Waals surface area contributed by atoms with Gasteiger partial charge in [-0.3, -0.25) is 14.2 Å². The number of phosphoric ester groups is 1. The van der Waals surface area contributed by atoms with Crippen molar-refractivity contribution >= 4 is 13.6 Å². The summed E-state index contributed by atoms with van der Waals surface area (Å²) < 4.78 is 19.6. The Morgan fingerprint density at radius 2 is 2.05 bits per heavy atom. The molecule has 21 heavy (non-hydrogen) atoms. The lowest BCUT2D eigenvalue weighted by molar-refractivity contribution is -0.118. The molecule has 0 saturated carbocycles. The Kier molecular flexibility index (Phi) is 7.50. The van der Waals surface area contributed by atoms with E-state index >= 15 is 0 Å². The molecule has 0 bridgehead atoms. The molecule has 0 aliphatic rings. The second-order valence-electron chi connectivity index (χ2n) is 4.21. The van der Waals surface area contributed by atoms with Crippen LogP contribution in [0.15, 0.2) is 35.6 Å². The minimum atomic E-state index is -4.33. The van der Waals surface area contributed by atoms with Crippen LogP contribution in [0.1, 0.15) is 24.8 Å². The molecule has 1 unspecified atom stereocenters. The molecule has 1 atom stereocenters. The zero-order chi connectivity index (χ0) is 15.6. The summed E-state index contributed by atoms with van der Waals surface area (Å²) in [6.07, 6.45) is 1.70. The lowest BCUT2D eigenvalue weighted by Gasteiger charge is -2.08. The molecule has 0 heterocycles. The summed E-state index contributed by atoms with van der Waals surface area (Å²) in [5, 5.41) is 2.51. The van der Waals surface area contributed by atoms with Gasteiger partial charge in [-0.2, -0.15) is 0 Å². The van der Waals surface area contributed by atoms with Crippen molar-refractivity contribution in [1.82, 2.24) is 0 Å². The van der Waals surface area contributed by atoms with Gasteiger partial charge in [0.2, 0.25) is 0 Å². The van der Waals surface area contributed by atoms with Gasteiger partial charge in [-0.25, -0.2) is 4.57 Å². The summed E-state index contributed by atoms with van der Waals surface area (Å²) in [4.78, 5) is 22.9. The van der Waals surface area contributed by atoms with Crippen molar-refractivity contribution in [2.24, 2.45) is 5.28 Å². The van der Waals surface area contributed by atoms with Crippen molar-refractivity contribution in [3.8, 4) is 0 Å². The van der Waals surface area contributed by atoms with Crippen LogP contribution >= 0.6 is 7.82 Å². The smallest absolute Gasteiger partial charge is 0.336 e. The average Bonchev–Trinajstić information content (AvgIpc) is 2.46. The highest BCUT2D eigenvalue weighted by Gasteiger charge is 2.20. The Morgan fingerprint density at radius 3 is 2.71 bits per heavy atom. The van der Waals surface area contributed by atoms with Crippen LogP contribution in [0.25, 0.3) is 10.4 Å². The summed E-state index contributed by atoms with van der Waals surface area (Å²) in [5.41, 5.74) is 8.89. The molecule has 0 spiro atoms. The van der Waals surface area contributed by atoms with Gasteiger partial charge in [0, 0.05) is 17.8 Å². The molecule has 114 valence electrons. The van der Waals surface area contributed by atoms with Crippen LogP contribution < -0.4 is 0 Å². The standard InChI is InChI=1S/C12H16N3O5P/c13-14-15-20-21(17,18)19-9-5-4-8-12(16)10-11-6-2-1-3-7-11/h1-3,6-7H,4-5,8-10H2,(H,17,18). The number of carbonyl (C=O) groups is 1. The summed E-state index contributed by atoms with van der Waals surface area (Å²) >= 11 is 0. The number of rotatable bonds is 10. The van der Waals surface area contributed by atoms with Crippen molar-refractivity contribution in [3.05, 3.63) is 46.3 Å². The summed E-state index contributed by atoms with van der Waals surface area (Å²) in [7, 11) is -4.33. The van der Waals surface area contributed by atoms with Crippen molar-refractivity contribution in [2.75, 3.05) is 6.61 Å². The van der Waals surface area contributed by atoms with Gasteiger partial charge in [0.25, 0.3) is 0 Å². The maximum absolute atomic E-state index is 11.7. The molecule has 1 aromatic rings. The van der Waals surface area contributed by atoms with Gasteiger partial charge in [-0.1, -0.05) is 30.3 Å². The Morgan fingerprint density at radius 1 is 1.33 bits per heavy atom. The number of azide groups is 1. The molecule has 9 heteroatoms. The highest BCUT2D eigenvalue weighted by atomic mass is 31.2. The Labute approximate surface area is 121 Å². The number of phosphoric acid groups is 1.